The van der Waals surface area contributed by atoms with Gasteiger partial charge in [0.15, 0.2) is 0 Å². The molecule has 1 aliphatic rings. The molecule has 1 atom stereocenters. The highest BCUT2D eigenvalue weighted by atomic mass is 32.2. The number of para-hydroxylation sites is 2. The van der Waals surface area contributed by atoms with Crippen molar-refractivity contribution in [3.63, 3.8) is 0 Å². The molecule has 0 spiro atoms. The summed E-state index contributed by atoms with van der Waals surface area (Å²) < 4.78 is 31.5. The first kappa shape index (κ1) is 16.1. The maximum absolute atomic E-state index is 11.7. The van der Waals surface area contributed by atoms with Gasteiger partial charge in [0.05, 0.1) is 18.6 Å². The molecule has 0 bridgehead atoms. The van der Waals surface area contributed by atoms with Crippen LogP contribution in [0, 0.1) is 5.92 Å². The number of benzene rings is 1. The van der Waals surface area contributed by atoms with Crippen LogP contribution in [0.15, 0.2) is 24.3 Å². The summed E-state index contributed by atoms with van der Waals surface area (Å²) in [7, 11) is -1.44. The zero-order valence-corrected chi connectivity index (χ0v) is 13.5. The fourth-order valence-electron chi connectivity index (χ4n) is 2.69. The van der Waals surface area contributed by atoms with E-state index in [1.807, 2.05) is 31.2 Å². The van der Waals surface area contributed by atoms with Gasteiger partial charge in [0, 0.05) is 19.6 Å². The van der Waals surface area contributed by atoms with Crippen LogP contribution >= 0.6 is 0 Å². The van der Waals surface area contributed by atoms with Gasteiger partial charge in [-0.05, 0) is 30.9 Å². The molecule has 1 heterocycles. The van der Waals surface area contributed by atoms with Gasteiger partial charge in [-0.15, -0.1) is 0 Å². The molecular formula is C15H24N2O3S. The summed E-state index contributed by atoms with van der Waals surface area (Å²) in [5, 5.41) is 0. The van der Waals surface area contributed by atoms with E-state index in [1.54, 1.807) is 7.11 Å². The van der Waals surface area contributed by atoms with Gasteiger partial charge in [-0.2, -0.15) is 0 Å². The molecule has 1 unspecified atom stereocenters. The number of hydrogen-bond donors (Lipinski definition) is 1. The molecule has 0 aliphatic carbocycles. The van der Waals surface area contributed by atoms with Crippen LogP contribution < -0.4 is 14.4 Å². The predicted octanol–water partition coefficient (Wildman–Crippen LogP) is 1.85. The Morgan fingerprint density at radius 2 is 2.14 bits per heavy atom. The lowest BCUT2D eigenvalue weighted by Crippen LogP contribution is -2.32. The van der Waals surface area contributed by atoms with E-state index >= 15 is 0 Å². The molecule has 2 rings (SSSR count). The standard InChI is InChI=1S/C15H24N2O3S/c1-3-10-21(18,19)16-11-13-8-9-17(12-13)14-6-4-5-7-15(14)20-2/h4-7,13,16H,3,8-12H2,1-2H3. The Bertz CT molecular complexity index is 560. The van der Waals surface area contributed by atoms with Gasteiger partial charge in [-0.25, -0.2) is 13.1 Å². The van der Waals surface area contributed by atoms with E-state index in [0.29, 0.717) is 18.9 Å². The third-order valence-electron chi connectivity index (χ3n) is 3.78. The minimum atomic E-state index is -3.11. The van der Waals surface area contributed by atoms with Gasteiger partial charge in [0.2, 0.25) is 10.0 Å². The fourth-order valence-corrected chi connectivity index (χ4v) is 3.87. The minimum Gasteiger partial charge on any atom is -0.495 e. The van der Waals surface area contributed by atoms with Crippen LogP contribution in [0.25, 0.3) is 0 Å². The van der Waals surface area contributed by atoms with Gasteiger partial charge in [0.1, 0.15) is 5.75 Å². The zero-order chi connectivity index (χ0) is 15.3. The van der Waals surface area contributed by atoms with Crippen molar-refractivity contribution in [1.82, 2.24) is 4.72 Å². The minimum absolute atomic E-state index is 0.204. The fraction of sp³-hybridized carbons (Fsp3) is 0.600. The second kappa shape index (κ2) is 7.13. The van der Waals surface area contributed by atoms with Crippen LogP contribution in [0.2, 0.25) is 0 Å². The molecule has 1 aliphatic heterocycles. The second-order valence-electron chi connectivity index (χ2n) is 5.44. The lowest BCUT2D eigenvalue weighted by Gasteiger charge is -2.21. The number of anilines is 1. The quantitative estimate of drug-likeness (QED) is 0.835. The average Bonchev–Trinajstić information content (AvgIpc) is 2.94. The number of sulfonamides is 1. The summed E-state index contributed by atoms with van der Waals surface area (Å²) in [5.74, 6) is 1.42. The van der Waals surface area contributed by atoms with Crippen LogP contribution in [0.1, 0.15) is 19.8 Å². The molecular weight excluding hydrogens is 288 g/mol. The maximum Gasteiger partial charge on any atom is 0.211 e. The summed E-state index contributed by atoms with van der Waals surface area (Å²) in [4.78, 5) is 2.26. The van der Waals surface area contributed by atoms with Crippen LogP contribution in [0.5, 0.6) is 5.75 Å². The van der Waals surface area contributed by atoms with Crippen molar-refractivity contribution >= 4 is 15.7 Å². The molecule has 1 N–H and O–H groups in total. The Labute approximate surface area is 127 Å². The van der Waals surface area contributed by atoms with E-state index in [1.165, 1.54) is 0 Å². The number of methoxy groups -OCH3 is 1. The lowest BCUT2D eigenvalue weighted by molar-refractivity contribution is 0.414. The highest BCUT2D eigenvalue weighted by Crippen LogP contribution is 2.31. The molecule has 0 radical (unpaired) electrons. The SMILES string of the molecule is CCCS(=O)(=O)NCC1CCN(c2ccccc2OC)C1. The normalized spacial score (nSPS) is 19.0. The first-order valence-electron chi connectivity index (χ1n) is 7.41. The number of nitrogens with zero attached hydrogens (tertiary/aromatic N) is 1. The summed E-state index contributed by atoms with van der Waals surface area (Å²) >= 11 is 0. The number of nitrogens with one attached hydrogen (secondary N) is 1. The van der Waals surface area contributed by atoms with E-state index in [0.717, 1.165) is 30.9 Å². The summed E-state index contributed by atoms with van der Waals surface area (Å²) in [6.45, 7) is 4.18. The van der Waals surface area contributed by atoms with Gasteiger partial charge in [-0.1, -0.05) is 19.1 Å². The second-order valence-corrected chi connectivity index (χ2v) is 7.37. The van der Waals surface area contributed by atoms with Crippen LogP contribution in [0.4, 0.5) is 5.69 Å². The van der Waals surface area contributed by atoms with E-state index in [4.69, 9.17) is 4.74 Å². The Balaban J connectivity index is 1.92. The van der Waals surface area contributed by atoms with E-state index in [2.05, 4.69) is 9.62 Å². The van der Waals surface area contributed by atoms with Gasteiger partial charge in [-0.3, -0.25) is 0 Å². The monoisotopic (exact) mass is 312 g/mol. The molecule has 6 heteroatoms. The molecule has 118 valence electrons. The maximum atomic E-state index is 11.7. The van der Waals surface area contributed by atoms with Crippen molar-refractivity contribution in [2.45, 2.75) is 19.8 Å². The van der Waals surface area contributed by atoms with Crippen molar-refractivity contribution in [3.05, 3.63) is 24.3 Å². The average molecular weight is 312 g/mol. The van der Waals surface area contributed by atoms with Crippen molar-refractivity contribution in [2.24, 2.45) is 5.92 Å². The summed E-state index contributed by atoms with van der Waals surface area (Å²) in [6.07, 6.45) is 1.64. The highest BCUT2D eigenvalue weighted by molar-refractivity contribution is 7.89. The van der Waals surface area contributed by atoms with Crippen molar-refractivity contribution in [3.8, 4) is 5.75 Å². The van der Waals surface area contributed by atoms with E-state index in [9.17, 15) is 8.42 Å². The van der Waals surface area contributed by atoms with Gasteiger partial charge >= 0.3 is 0 Å². The molecule has 1 saturated heterocycles. The molecule has 21 heavy (non-hydrogen) atoms. The summed E-state index contributed by atoms with van der Waals surface area (Å²) in [5.41, 5.74) is 1.08. The predicted molar refractivity (Wildman–Crippen MR) is 85.4 cm³/mol. The topological polar surface area (TPSA) is 58.6 Å². The summed E-state index contributed by atoms with van der Waals surface area (Å²) in [6, 6.07) is 7.94. The molecule has 0 saturated carbocycles. The number of ether oxygens (including phenoxy) is 1. The number of hydrogen-bond acceptors (Lipinski definition) is 4. The number of rotatable bonds is 7. The van der Waals surface area contributed by atoms with Crippen LogP contribution in [-0.2, 0) is 10.0 Å². The molecule has 1 aromatic rings. The highest BCUT2D eigenvalue weighted by Gasteiger charge is 2.25. The molecule has 5 nitrogen and oxygen atoms in total. The largest absolute Gasteiger partial charge is 0.495 e. The third-order valence-corrected chi connectivity index (χ3v) is 5.33. The van der Waals surface area contributed by atoms with Crippen LogP contribution in [0.3, 0.4) is 0 Å². The van der Waals surface area contributed by atoms with Gasteiger partial charge < -0.3 is 9.64 Å². The smallest absolute Gasteiger partial charge is 0.211 e. The zero-order valence-electron chi connectivity index (χ0n) is 12.7. The van der Waals surface area contributed by atoms with E-state index in [-0.39, 0.29) is 5.75 Å². The third kappa shape index (κ3) is 4.35. The van der Waals surface area contributed by atoms with Crippen molar-refractivity contribution < 1.29 is 13.2 Å². The lowest BCUT2D eigenvalue weighted by atomic mass is 10.1. The molecule has 0 aromatic heterocycles. The Kier molecular flexibility index (Phi) is 5.47. The van der Waals surface area contributed by atoms with Gasteiger partial charge in [0.25, 0.3) is 0 Å². The van der Waals surface area contributed by atoms with E-state index < -0.39 is 10.0 Å². The first-order chi connectivity index (χ1) is 10.1. The first-order valence-corrected chi connectivity index (χ1v) is 9.06. The molecule has 0 amide bonds. The Morgan fingerprint density at radius 1 is 1.38 bits per heavy atom. The Hall–Kier alpha value is -1.27. The van der Waals surface area contributed by atoms with Crippen molar-refractivity contribution in [2.75, 3.05) is 37.4 Å². The Morgan fingerprint density at radius 3 is 2.86 bits per heavy atom. The molecule has 1 fully saturated rings. The molecule has 1 aromatic carbocycles. The van der Waals surface area contributed by atoms with Crippen molar-refractivity contribution in [1.29, 1.82) is 0 Å². The van der Waals surface area contributed by atoms with Crippen LogP contribution in [-0.4, -0.2) is 40.9 Å².